The van der Waals surface area contributed by atoms with Crippen molar-refractivity contribution in [2.24, 2.45) is 5.84 Å². The first-order valence-electron chi connectivity index (χ1n) is 6.00. The molecule has 2 rings (SSSR count). The van der Waals surface area contributed by atoms with Gasteiger partial charge >= 0.3 is 5.91 Å². The number of hydrazine groups is 1. The summed E-state index contributed by atoms with van der Waals surface area (Å²) >= 11 is 9.16. The third-order valence-electron chi connectivity index (χ3n) is 2.56. The summed E-state index contributed by atoms with van der Waals surface area (Å²) < 4.78 is 6.49. The van der Waals surface area contributed by atoms with E-state index in [4.69, 9.17) is 22.2 Å². The molecule has 0 fully saturated rings. The zero-order valence-corrected chi connectivity index (χ0v) is 13.2. The van der Waals surface area contributed by atoms with Gasteiger partial charge in [-0.25, -0.2) is 5.84 Å². The van der Waals surface area contributed by atoms with Gasteiger partial charge in [-0.3, -0.25) is 10.2 Å². The summed E-state index contributed by atoms with van der Waals surface area (Å²) in [6, 6.07) is 14.1. The van der Waals surface area contributed by atoms with Crippen molar-refractivity contribution in [3.05, 3.63) is 69.3 Å². The lowest BCUT2D eigenvalue weighted by molar-refractivity contribution is -0.119. The molecule has 3 N–H and O–H groups in total. The van der Waals surface area contributed by atoms with Crippen LogP contribution in [0.25, 0.3) is 6.08 Å². The van der Waals surface area contributed by atoms with Crippen LogP contribution in [0.2, 0.25) is 5.02 Å². The quantitative estimate of drug-likeness (QED) is 0.286. The van der Waals surface area contributed by atoms with E-state index in [2.05, 4.69) is 21.4 Å². The predicted octanol–water partition coefficient (Wildman–Crippen LogP) is 3.51. The van der Waals surface area contributed by atoms with Crippen molar-refractivity contribution in [1.82, 2.24) is 5.43 Å². The zero-order chi connectivity index (χ0) is 15.2. The van der Waals surface area contributed by atoms with Crippen LogP contribution in [0.4, 0.5) is 0 Å². The Morgan fingerprint density at radius 1 is 1.14 bits per heavy atom. The van der Waals surface area contributed by atoms with Crippen molar-refractivity contribution in [3.63, 3.8) is 0 Å². The Balaban J connectivity index is 2.27. The summed E-state index contributed by atoms with van der Waals surface area (Å²) in [5.41, 5.74) is 2.83. The Morgan fingerprint density at radius 2 is 1.76 bits per heavy atom. The summed E-state index contributed by atoms with van der Waals surface area (Å²) in [4.78, 5) is 11.8. The fourth-order valence-electron chi connectivity index (χ4n) is 1.55. The van der Waals surface area contributed by atoms with Crippen molar-refractivity contribution < 1.29 is 9.53 Å². The third-order valence-corrected chi connectivity index (χ3v) is 3.34. The Hall–Kier alpha value is -1.82. The van der Waals surface area contributed by atoms with Gasteiger partial charge < -0.3 is 4.74 Å². The average Bonchev–Trinajstić information content (AvgIpc) is 2.50. The van der Waals surface area contributed by atoms with Crippen LogP contribution in [0.1, 0.15) is 5.56 Å². The van der Waals surface area contributed by atoms with E-state index in [9.17, 15) is 4.79 Å². The van der Waals surface area contributed by atoms with Crippen LogP contribution in [0.3, 0.4) is 0 Å². The molecule has 6 heteroatoms. The molecule has 2 aromatic carbocycles. The molecule has 0 aromatic heterocycles. The second kappa shape index (κ2) is 7.26. The highest BCUT2D eigenvalue weighted by molar-refractivity contribution is 9.10. The van der Waals surface area contributed by atoms with E-state index in [1.54, 1.807) is 42.5 Å². The third kappa shape index (κ3) is 4.60. The minimum absolute atomic E-state index is 0.0853. The number of nitrogens with one attached hydrogen (secondary N) is 1. The standard InChI is InChI=1S/C15H12BrClN2O2/c16-11-3-7-13(8-4-11)21-14(15(20)19-18)9-10-1-5-12(17)6-2-10/h1-9H,18H2,(H,19,20)/b14-9-. The molecule has 0 atom stereocenters. The fraction of sp³-hybridized carbons (Fsp3) is 0. The van der Waals surface area contributed by atoms with Gasteiger partial charge in [-0.15, -0.1) is 0 Å². The van der Waals surface area contributed by atoms with Crippen LogP contribution in [-0.4, -0.2) is 5.91 Å². The molecular weight excluding hydrogens is 356 g/mol. The van der Waals surface area contributed by atoms with Crippen LogP contribution in [0.15, 0.2) is 58.8 Å². The molecule has 0 aliphatic heterocycles. The van der Waals surface area contributed by atoms with E-state index in [1.165, 1.54) is 0 Å². The van der Waals surface area contributed by atoms with Gasteiger partial charge in [0.25, 0.3) is 0 Å². The fourth-order valence-corrected chi connectivity index (χ4v) is 1.94. The lowest BCUT2D eigenvalue weighted by Crippen LogP contribution is -2.33. The van der Waals surface area contributed by atoms with Gasteiger partial charge in [-0.05, 0) is 48.0 Å². The Morgan fingerprint density at radius 3 is 2.33 bits per heavy atom. The Kier molecular flexibility index (Phi) is 5.38. The van der Waals surface area contributed by atoms with Gasteiger partial charge in [0, 0.05) is 9.50 Å². The molecule has 0 radical (unpaired) electrons. The molecule has 0 bridgehead atoms. The first-order chi connectivity index (χ1) is 10.1. The van der Waals surface area contributed by atoms with E-state index in [-0.39, 0.29) is 5.76 Å². The first-order valence-corrected chi connectivity index (χ1v) is 7.17. The molecule has 0 unspecified atom stereocenters. The van der Waals surface area contributed by atoms with E-state index >= 15 is 0 Å². The number of carbonyl (C=O) groups is 1. The van der Waals surface area contributed by atoms with Crippen LogP contribution < -0.4 is 16.0 Å². The van der Waals surface area contributed by atoms with Crippen molar-refractivity contribution in [2.75, 3.05) is 0 Å². The molecule has 108 valence electrons. The van der Waals surface area contributed by atoms with Crippen LogP contribution in [0.5, 0.6) is 5.75 Å². The monoisotopic (exact) mass is 366 g/mol. The zero-order valence-electron chi connectivity index (χ0n) is 10.8. The number of halogens is 2. The number of carbonyl (C=O) groups excluding carboxylic acids is 1. The van der Waals surface area contributed by atoms with Crippen molar-refractivity contribution >= 4 is 39.5 Å². The van der Waals surface area contributed by atoms with Crippen molar-refractivity contribution in [2.45, 2.75) is 0 Å². The molecule has 0 aliphatic carbocycles. The van der Waals surface area contributed by atoms with Crippen molar-refractivity contribution in [3.8, 4) is 5.75 Å². The van der Waals surface area contributed by atoms with E-state index in [0.29, 0.717) is 10.8 Å². The maximum atomic E-state index is 11.8. The summed E-state index contributed by atoms with van der Waals surface area (Å²) in [5, 5.41) is 0.616. The average molecular weight is 368 g/mol. The molecule has 4 nitrogen and oxygen atoms in total. The predicted molar refractivity (Wildman–Crippen MR) is 86.5 cm³/mol. The number of hydrogen-bond acceptors (Lipinski definition) is 3. The number of nitrogens with two attached hydrogens (primary N) is 1. The number of ether oxygens (including phenoxy) is 1. The highest BCUT2D eigenvalue weighted by Gasteiger charge is 2.11. The minimum atomic E-state index is -0.520. The molecule has 0 heterocycles. The second-order valence-corrected chi connectivity index (χ2v) is 5.44. The summed E-state index contributed by atoms with van der Waals surface area (Å²) in [7, 11) is 0. The first kappa shape index (κ1) is 15.6. The lowest BCUT2D eigenvalue weighted by atomic mass is 10.2. The minimum Gasteiger partial charge on any atom is -0.452 e. The van der Waals surface area contributed by atoms with Gasteiger partial charge in [0.05, 0.1) is 0 Å². The molecular formula is C15H12BrClN2O2. The van der Waals surface area contributed by atoms with Gasteiger partial charge in [0.1, 0.15) is 5.75 Å². The van der Waals surface area contributed by atoms with Crippen LogP contribution in [0, 0.1) is 0 Å². The summed E-state index contributed by atoms with van der Waals surface area (Å²) in [6.45, 7) is 0. The summed E-state index contributed by atoms with van der Waals surface area (Å²) in [6.07, 6.45) is 1.58. The molecule has 0 saturated heterocycles. The Bertz CT molecular complexity index is 654. The van der Waals surface area contributed by atoms with Crippen LogP contribution in [-0.2, 0) is 4.79 Å². The normalized spacial score (nSPS) is 11.1. The Labute approximate surface area is 135 Å². The molecule has 0 aliphatic rings. The van der Waals surface area contributed by atoms with Crippen molar-refractivity contribution in [1.29, 1.82) is 0 Å². The molecule has 0 spiro atoms. The van der Waals surface area contributed by atoms with Crippen LogP contribution >= 0.6 is 27.5 Å². The highest BCUT2D eigenvalue weighted by atomic mass is 79.9. The van der Waals surface area contributed by atoms with Gasteiger partial charge in [-0.1, -0.05) is 39.7 Å². The molecule has 2 aromatic rings. The number of rotatable bonds is 4. The number of benzene rings is 2. The SMILES string of the molecule is NNC(=O)/C(=C/c1ccc(Cl)cc1)Oc1ccc(Br)cc1. The smallest absolute Gasteiger partial charge is 0.300 e. The van der Waals surface area contributed by atoms with Gasteiger partial charge in [0.2, 0.25) is 0 Å². The molecule has 21 heavy (non-hydrogen) atoms. The molecule has 1 amide bonds. The lowest BCUT2D eigenvalue weighted by Gasteiger charge is -2.09. The maximum Gasteiger partial charge on any atom is 0.300 e. The topological polar surface area (TPSA) is 64.3 Å². The number of amides is 1. The highest BCUT2D eigenvalue weighted by Crippen LogP contribution is 2.20. The van der Waals surface area contributed by atoms with E-state index in [0.717, 1.165) is 10.0 Å². The van der Waals surface area contributed by atoms with E-state index in [1.807, 2.05) is 12.1 Å². The van der Waals surface area contributed by atoms with E-state index < -0.39 is 5.91 Å². The maximum absolute atomic E-state index is 11.8. The van der Waals surface area contributed by atoms with Gasteiger partial charge in [0.15, 0.2) is 5.76 Å². The largest absolute Gasteiger partial charge is 0.452 e. The molecule has 0 saturated carbocycles. The van der Waals surface area contributed by atoms with Gasteiger partial charge in [-0.2, -0.15) is 0 Å². The summed E-state index contributed by atoms with van der Waals surface area (Å²) in [5.74, 6) is 5.27. The number of hydrogen-bond donors (Lipinski definition) is 2. The second-order valence-electron chi connectivity index (χ2n) is 4.09.